The fourth-order valence-electron chi connectivity index (χ4n) is 2.02. The Morgan fingerprint density at radius 3 is 2.19 bits per heavy atom. The maximum atomic E-state index is 12.4. The van der Waals surface area contributed by atoms with Crippen molar-refractivity contribution in [1.29, 1.82) is 0 Å². The molecule has 0 unspecified atom stereocenters. The maximum absolute atomic E-state index is 12.4. The summed E-state index contributed by atoms with van der Waals surface area (Å²) in [6.07, 6.45) is -0.294. The van der Waals surface area contributed by atoms with Gasteiger partial charge in [0, 0.05) is 6.04 Å². The van der Waals surface area contributed by atoms with Crippen LogP contribution < -0.4 is 5.73 Å². The summed E-state index contributed by atoms with van der Waals surface area (Å²) in [6.45, 7) is 7.23. The number of carbonyl (C=O) groups is 2. The van der Waals surface area contributed by atoms with Gasteiger partial charge in [0.25, 0.3) is 0 Å². The standard InChI is InChI=1S/C16H23NO4/c1-10-5-7-11(8-6-10)14(12(17)9-13(18)19)15(20)21-16(2,3)4/h5-8,12,14H,9,17H2,1-4H3,(H,18,19)/t12-,14+/m0/s1. The molecule has 21 heavy (non-hydrogen) atoms. The third-order valence-electron chi connectivity index (χ3n) is 2.94. The monoisotopic (exact) mass is 293 g/mol. The molecule has 1 aromatic carbocycles. The number of rotatable bonds is 5. The molecule has 0 aliphatic rings. The molecule has 0 aromatic heterocycles. The normalized spacial score (nSPS) is 14.3. The van der Waals surface area contributed by atoms with Crippen molar-refractivity contribution < 1.29 is 19.4 Å². The molecule has 3 N–H and O–H groups in total. The highest BCUT2D eigenvalue weighted by Gasteiger charge is 2.32. The maximum Gasteiger partial charge on any atom is 0.315 e. The fourth-order valence-corrected chi connectivity index (χ4v) is 2.02. The number of hydrogen-bond donors (Lipinski definition) is 2. The lowest BCUT2D eigenvalue weighted by Crippen LogP contribution is -2.39. The number of nitrogens with two attached hydrogens (primary N) is 1. The number of aryl methyl sites for hydroxylation is 1. The van der Waals surface area contributed by atoms with E-state index in [1.807, 2.05) is 19.1 Å². The van der Waals surface area contributed by atoms with E-state index in [9.17, 15) is 9.59 Å². The van der Waals surface area contributed by atoms with Crippen LogP contribution in [0, 0.1) is 6.92 Å². The second-order valence-electron chi connectivity index (χ2n) is 6.18. The topological polar surface area (TPSA) is 89.6 Å². The lowest BCUT2D eigenvalue weighted by Gasteiger charge is -2.27. The van der Waals surface area contributed by atoms with Gasteiger partial charge in [0.15, 0.2) is 0 Å². The highest BCUT2D eigenvalue weighted by atomic mass is 16.6. The van der Waals surface area contributed by atoms with E-state index < -0.39 is 29.5 Å². The highest BCUT2D eigenvalue weighted by molar-refractivity contribution is 5.81. The summed E-state index contributed by atoms with van der Waals surface area (Å²) in [5.74, 6) is -2.33. The van der Waals surface area contributed by atoms with Gasteiger partial charge >= 0.3 is 11.9 Å². The van der Waals surface area contributed by atoms with Crippen LogP contribution in [-0.4, -0.2) is 28.7 Å². The Labute approximate surface area is 125 Å². The average Bonchev–Trinajstić information content (AvgIpc) is 2.28. The van der Waals surface area contributed by atoms with Crippen LogP contribution in [0.25, 0.3) is 0 Å². The Balaban J connectivity index is 3.07. The largest absolute Gasteiger partial charge is 0.481 e. The van der Waals surface area contributed by atoms with Crippen LogP contribution in [-0.2, 0) is 14.3 Å². The van der Waals surface area contributed by atoms with Crippen molar-refractivity contribution in [3.63, 3.8) is 0 Å². The van der Waals surface area contributed by atoms with E-state index in [1.54, 1.807) is 32.9 Å². The van der Waals surface area contributed by atoms with Gasteiger partial charge in [-0.2, -0.15) is 0 Å². The van der Waals surface area contributed by atoms with Gasteiger partial charge in [0.2, 0.25) is 0 Å². The summed E-state index contributed by atoms with van der Waals surface area (Å²) in [7, 11) is 0. The van der Waals surface area contributed by atoms with E-state index in [4.69, 9.17) is 15.6 Å². The Hall–Kier alpha value is -1.88. The molecule has 5 nitrogen and oxygen atoms in total. The van der Waals surface area contributed by atoms with Gasteiger partial charge in [0.05, 0.1) is 12.3 Å². The van der Waals surface area contributed by atoms with Crippen LogP contribution in [0.15, 0.2) is 24.3 Å². The smallest absolute Gasteiger partial charge is 0.315 e. The molecule has 0 spiro atoms. The molecule has 1 rings (SSSR count). The SMILES string of the molecule is Cc1ccc([C@@H](C(=O)OC(C)(C)C)[C@@H](N)CC(=O)O)cc1. The predicted molar refractivity (Wildman–Crippen MR) is 80.0 cm³/mol. The molecule has 0 saturated heterocycles. The van der Waals surface area contributed by atoms with Gasteiger partial charge in [-0.1, -0.05) is 29.8 Å². The summed E-state index contributed by atoms with van der Waals surface area (Å²) in [5.41, 5.74) is 7.00. The molecule has 0 radical (unpaired) electrons. The van der Waals surface area contributed by atoms with E-state index >= 15 is 0 Å². The molecule has 0 fully saturated rings. The van der Waals surface area contributed by atoms with Gasteiger partial charge in [-0.3, -0.25) is 9.59 Å². The van der Waals surface area contributed by atoms with Gasteiger partial charge in [-0.05, 0) is 33.3 Å². The van der Waals surface area contributed by atoms with Crippen LogP contribution in [0.2, 0.25) is 0 Å². The molecular weight excluding hydrogens is 270 g/mol. The minimum Gasteiger partial charge on any atom is -0.481 e. The van der Waals surface area contributed by atoms with Crippen molar-refractivity contribution in [3.8, 4) is 0 Å². The highest BCUT2D eigenvalue weighted by Crippen LogP contribution is 2.25. The summed E-state index contributed by atoms with van der Waals surface area (Å²) in [5, 5.41) is 8.91. The van der Waals surface area contributed by atoms with Crippen molar-refractivity contribution in [1.82, 2.24) is 0 Å². The molecule has 2 atom stereocenters. The van der Waals surface area contributed by atoms with Crippen molar-refractivity contribution in [2.75, 3.05) is 0 Å². The van der Waals surface area contributed by atoms with E-state index in [0.717, 1.165) is 5.56 Å². The van der Waals surface area contributed by atoms with Gasteiger partial charge in [-0.25, -0.2) is 0 Å². The number of aliphatic carboxylic acids is 1. The molecule has 0 heterocycles. The van der Waals surface area contributed by atoms with E-state index in [1.165, 1.54) is 0 Å². The Morgan fingerprint density at radius 1 is 1.24 bits per heavy atom. The third-order valence-corrected chi connectivity index (χ3v) is 2.94. The zero-order chi connectivity index (χ0) is 16.2. The number of hydrogen-bond acceptors (Lipinski definition) is 4. The van der Waals surface area contributed by atoms with Crippen molar-refractivity contribution in [2.24, 2.45) is 5.73 Å². The lowest BCUT2D eigenvalue weighted by atomic mass is 9.89. The third kappa shape index (κ3) is 5.55. The van der Waals surface area contributed by atoms with E-state index in [-0.39, 0.29) is 6.42 Å². The van der Waals surface area contributed by atoms with Crippen LogP contribution in [0.4, 0.5) is 0 Å². The number of ether oxygens (including phenoxy) is 1. The van der Waals surface area contributed by atoms with Crippen LogP contribution in [0.3, 0.4) is 0 Å². The predicted octanol–water partition coefficient (Wildman–Crippen LogP) is 2.22. The second-order valence-corrected chi connectivity index (χ2v) is 6.18. The number of benzene rings is 1. The van der Waals surface area contributed by atoms with Crippen molar-refractivity contribution in [2.45, 2.75) is 51.7 Å². The molecule has 0 aliphatic heterocycles. The molecule has 116 valence electrons. The Morgan fingerprint density at radius 2 is 1.76 bits per heavy atom. The zero-order valence-corrected chi connectivity index (χ0v) is 12.9. The first-order chi connectivity index (χ1) is 9.60. The van der Waals surface area contributed by atoms with Gasteiger partial charge in [0.1, 0.15) is 5.60 Å². The number of esters is 1. The Kier molecular flexibility index (Phi) is 5.49. The van der Waals surface area contributed by atoms with Crippen LogP contribution in [0.5, 0.6) is 0 Å². The summed E-state index contributed by atoms with van der Waals surface area (Å²) < 4.78 is 5.38. The van der Waals surface area contributed by atoms with E-state index in [0.29, 0.717) is 5.56 Å². The van der Waals surface area contributed by atoms with Crippen LogP contribution in [0.1, 0.15) is 44.2 Å². The first-order valence-corrected chi connectivity index (χ1v) is 6.87. The molecule has 0 saturated carbocycles. The number of carbonyl (C=O) groups excluding carboxylic acids is 1. The Bertz CT molecular complexity index is 502. The van der Waals surface area contributed by atoms with Gasteiger partial charge < -0.3 is 15.6 Å². The summed E-state index contributed by atoms with van der Waals surface area (Å²) in [6, 6.07) is 6.46. The number of carboxylic acids is 1. The molecule has 5 heteroatoms. The fraction of sp³-hybridized carbons (Fsp3) is 0.500. The summed E-state index contributed by atoms with van der Waals surface area (Å²) >= 11 is 0. The number of carboxylic acid groups (broad SMARTS) is 1. The van der Waals surface area contributed by atoms with E-state index in [2.05, 4.69) is 0 Å². The molecular formula is C16H23NO4. The molecule has 1 aromatic rings. The minimum atomic E-state index is -1.04. The molecule has 0 amide bonds. The molecule has 0 aliphatic carbocycles. The lowest BCUT2D eigenvalue weighted by molar-refractivity contribution is -0.157. The van der Waals surface area contributed by atoms with Gasteiger partial charge in [-0.15, -0.1) is 0 Å². The average molecular weight is 293 g/mol. The quantitative estimate of drug-likeness (QED) is 0.812. The minimum absolute atomic E-state index is 0.294. The first-order valence-electron chi connectivity index (χ1n) is 6.87. The second kappa shape index (κ2) is 6.72. The van der Waals surface area contributed by atoms with Crippen molar-refractivity contribution in [3.05, 3.63) is 35.4 Å². The molecule has 0 bridgehead atoms. The summed E-state index contributed by atoms with van der Waals surface area (Å²) in [4.78, 5) is 23.2. The first kappa shape index (κ1) is 17.2. The zero-order valence-electron chi connectivity index (χ0n) is 12.9. The van der Waals surface area contributed by atoms with Crippen LogP contribution >= 0.6 is 0 Å². The van der Waals surface area contributed by atoms with Crippen molar-refractivity contribution >= 4 is 11.9 Å².